The molecule has 0 unspecified atom stereocenters. The van der Waals surface area contributed by atoms with Crippen LogP contribution < -0.4 is 15.1 Å². The molecule has 4 aromatic rings. The van der Waals surface area contributed by atoms with Gasteiger partial charge in [0.1, 0.15) is 45.2 Å². The van der Waals surface area contributed by atoms with Crippen molar-refractivity contribution in [1.82, 2.24) is 15.3 Å². The number of aryl methyl sites for hydroxylation is 1. The van der Waals surface area contributed by atoms with Crippen LogP contribution in [0.25, 0.3) is 22.4 Å². The Labute approximate surface area is 201 Å². The minimum Gasteiger partial charge on any atom is -0.457 e. The number of hydrogen-bond donors (Lipinski definition) is 1. The minimum atomic E-state index is -0.322. The maximum Gasteiger partial charge on any atom is 0.191 e. The molecular formula is C25H25FN6OS. The summed E-state index contributed by atoms with van der Waals surface area (Å²) in [4.78, 5) is 14.7. The molecule has 7 nitrogen and oxygen atoms in total. The lowest BCUT2D eigenvalue weighted by atomic mass is 10.1. The van der Waals surface area contributed by atoms with Gasteiger partial charge in [0.2, 0.25) is 0 Å². The van der Waals surface area contributed by atoms with Crippen LogP contribution in [0.1, 0.15) is 24.5 Å². The smallest absolute Gasteiger partial charge is 0.191 e. The summed E-state index contributed by atoms with van der Waals surface area (Å²) in [5.74, 6) is 1.44. The van der Waals surface area contributed by atoms with Crippen LogP contribution in [0.3, 0.4) is 0 Å². The quantitative estimate of drug-likeness (QED) is 0.415. The topological polar surface area (TPSA) is 81.2 Å². The first-order chi connectivity index (χ1) is 16.6. The van der Waals surface area contributed by atoms with E-state index in [1.165, 1.54) is 23.5 Å². The summed E-state index contributed by atoms with van der Waals surface area (Å²) in [5, 5.41) is 13.8. The molecule has 1 aromatic carbocycles. The largest absolute Gasteiger partial charge is 0.457 e. The molecule has 9 heteroatoms. The number of nitrogens with one attached hydrogen (secondary N) is 1. The Bertz CT molecular complexity index is 1350. The molecule has 3 aromatic heterocycles. The standard InChI is InChI=1S/C25H25FN6OS/c1-3-18-24(23-19(33-18)9-10-21(29-23)31-13-11-28-12-14-31)32(4-2)25-30-22(20(15-27)34-25)16-5-7-17(26)8-6-16/h5-10,28H,3-4,11-14H2,1-2H3. The third-order valence-electron chi connectivity index (χ3n) is 5.98. The molecule has 4 heterocycles. The molecule has 34 heavy (non-hydrogen) atoms. The van der Waals surface area contributed by atoms with Gasteiger partial charge in [-0.3, -0.25) is 0 Å². The summed E-state index contributed by atoms with van der Waals surface area (Å²) in [5.41, 5.74) is 3.69. The van der Waals surface area contributed by atoms with Crippen LogP contribution >= 0.6 is 11.3 Å². The number of furan rings is 1. The first-order valence-electron chi connectivity index (χ1n) is 11.4. The van der Waals surface area contributed by atoms with E-state index in [4.69, 9.17) is 14.4 Å². The molecular weight excluding hydrogens is 451 g/mol. The molecule has 1 N–H and O–H groups in total. The predicted octanol–water partition coefficient (Wildman–Crippen LogP) is 5.09. The van der Waals surface area contributed by atoms with Crippen LogP contribution in [0.5, 0.6) is 0 Å². The third kappa shape index (κ3) is 4.00. The fourth-order valence-corrected chi connectivity index (χ4v) is 5.24. The zero-order valence-corrected chi connectivity index (χ0v) is 20.0. The van der Waals surface area contributed by atoms with Crippen molar-refractivity contribution in [2.45, 2.75) is 20.3 Å². The number of nitriles is 1. The van der Waals surface area contributed by atoms with E-state index in [9.17, 15) is 9.65 Å². The van der Waals surface area contributed by atoms with Gasteiger partial charge in [-0.25, -0.2) is 14.4 Å². The van der Waals surface area contributed by atoms with Crippen LogP contribution in [0, 0.1) is 17.1 Å². The van der Waals surface area contributed by atoms with Gasteiger partial charge >= 0.3 is 0 Å². The predicted molar refractivity (Wildman–Crippen MR) is 133 cm³/mol. The van der Waals surface area contributed by atoms with E-state index < -0.39 is 0 Å². The molecule has 0 aliphatic carbocycles. The van der Waals surface area contributed by atoms with Gasteiger partial charge < -0.3 is 19.5 Å². The zero-order valence-electron chi connectivity index (χ0n) is 19.1. The van der Waals surface area contributed by atoms with Crippen LogP contribution in [0.2, 0.25) is 0 Å². The molecule has 0 amide bonds. The summed E-state index contributed by atoms with van der Waals surface area (Å²) in [6.45, 7) is 8.40. The van der Waals surface area contributed by atoms with Gasteiger partial charge in [-0.05, 0) is 43.3 Å². The van der Waals surface area contributed by atoms with Crippen molar-refractivity contribution in [3.05, 3.63) is 52.9 Å². The number of nitrogens with zero attached hydrogens (tertiary/aromatic N) is 5. The number of benzene rings is 1. The Morgan fingerprint density at radius 3 is 2.59 bits per heavy atom. The van der Waals surface area contributed by atoms with Crippen LogP contribution in [-0.4, -0.2) is 42.7 Å². The van der Waals surface area contributed by atoms with E-state index in [0.29, 0.717) is 34.2 Å². The molecule has 0 atom stereocenters. The first kappa shape index (κ1) is 22.3. The van der Waals surface area contributed by atoms with E-state index in [1.54, 1.807) is 12.1 Å². The second-order valence-corrected chi connectivity index (χ2v) is 9.00. The van der Waals surface area contributed by atoms with Gasteiger partial charge in [0, 0.05) is 44.7 Å². The number of fused-ring (bicyclic) bond motifs is 1. The van der Waals surface area contributed by atoms with Gasteiger partial charge in [-0.2, -0.15) is 5.26 Å². The average Bonchev–Trinajstić information content (AvgIpc) is 3.47. The Balaban J connectivity index is 1.61. The molecule has 174 valence electrons. The average molecular weight is 477 g/mol. The van der Waals surface area contributed by atoms with Crippen LogP contribution in [0.4, 0.5) is 21.0 Å². The molecule has 1 fully saturated rings. The Hall–Kier alpha value is -3.48. The second kappa shape index (κ2) is 9.41. The third-order valence-corrected chi connectivity index (χ3v) is 6.96. The molecule has 0 bridgehead atoms. The normalized spacial score (nSPS) is 13.9. The fraction of sp³-hybridized carbons (Fsp3) is 0.320. The summed E-state index contributed by atoms with van der Waals surface area (Å²) >= 11 is 1.32. The molecule has 0 saturated carbocycles. The SMILES string of the molecule is CCc1oc2ccc(N3CCNCC3)nc2c1N(CC)c1nc(-c2ccc(F)cc2)c(C#N)s1. The summed E-state index contributed by atoms with van der Waals surface area (Å²) in [6, 6.07) is 12.3. The van der Waals surface area contributed by atoms with Gasteiger partial charge in [-0.15, -0.1) is 0 Å². The highest BCUT2D eigenvalue weighted by Gasteiger charge is 2.26. The Morgan fingerprint density at radius 2 is 1.91 bits per heavy atom. The van der Waals surface area contributed by atoms with Crippen molar-refractivity contribution in [1.29, 1.82) is 5.26 Å². The molecule has 1 aliphatic heterocycles. The minimum absolute atomic E-state index is 0.322. The zero-order chi connectivity index (χ0) is 23.7. The maximum absolute atomic E-state index is 13.4. The highest BCUT2D eigenvalue weighted by atomic mass is 32.1. The van der Waals surface area contributed by atoms with Crippen molar-refractivity contribution in [3.63, 3.8) is 0 Å². The van der Waals surface area contributed by atoms with Gasteiger partial charge in [0.15, 0.2) is 10.7 Å². The van der Waals surface area contributed by atoms with E-state index in [-0.39, 0.29) is 5.82 Å². The van der Waals surface area contributed by atoms with E-state index >= 15 is 0 Å². The van der Waals surface area contributed by atoms with Gasteiger partial charge in [-0.1, -0.05) is 18.3 Å². The number of thiazole rings is 1. The molecule has 0 radical (unpaired) electrons. The summed E-state index contributed by atoms with van der Waals surface area (Å²) in [6.07, 6.45) is 0.701. The number of piperazine rings is 1. The number of hydrogen-bond acceptors (Lipinski definition) is 8. The number of anilines is 3. The maximum atomic E-state index is 13.4. The van der Waals surface area contributed by atoms with Gasteiger partial charge in [0.25, 0.3) is 0 Å². The second-order valence-electron chi connectivity index (χ2n) is 8.02. The number of halogens is 1. The molecule has 5 rings (SSSR count). The lowest BCUT2D eigenvalue weighted by Gasteiger charge is -2.28. The Kier molecular flexibility index (Phi) is 6.18. The first-order valence-corrected chi connectivity index (χ1v) is 12.3. The molecule has 1 saturated heterocycles. The van der Waals surface area contributed by atoms with Crippen molar-refractivity contribution in [2.75, 3.05) is 42.5 Å². The summed E-state index contributed by atoms with van der Waals surface area (Å²) in [7, 11) is 0. The monoisotopic (exact) mass is 476 g/mol. The lowest BCUT2D eigenvalue weighted by Crippen LogP contribution is -2.43. The van der Waals surface area contributed by atoms with Crippen molar-refractivity contribution in [3.8, 4) is 17.3 Å². The van der Waals surface area contributed by atoms with E-state index in [1.807, 2.05) is 19.1 Å². The summed E-state index contributed by atoms with van der Waals surface area (Å²) < 4.78 is 19.6. The van der Waals surface area contributed by atoms with E-state index in [2.05, 4.69) is 28.1 Å². The fourth-order valence-electron chi connectivity index (χ4n) is 4.28. The number of rotatable bonds is 6. The highest BCUT2D eigenvalue weighted by molar-refractivity contribution is 7.16. The molecule has 0 spiro atoms. The number of pyridine rings is 1. The lowest BCUT2D eigenvalue weighted by molar-refractivity contribution is 0.556. The Morgan fingerprint density at radius 1 is 1.15 bits per heavy atom. The molecule has 1 aliphatic rings. The number of aromatic nitrogens is 2. The van der Waals surface area contributed by atoms with Crippen LogP contribution in [-0.2, 0) is 6.42 Å². The van der Waals surface area contributed by atoms with Crippen molar-refractivity contribution in [2.24, 2.45) is 0 Å². The van der Waals surface area contributed by atoms with E-state index in [0.717, 1.165) is 54.5 Å². The van der Waals surface area contributed by atoms with Gasteiger partial charge in [0.05, 0.1) is 0 Å². The highest BCUT2D eigenvalue weighted by Crippen LogP contribution is 2.41. The van der Waals surface area contributed by atoms with Crippen molar-refractivity contribution < 1.29 is 8.81 Å². The van der Waals surface area contributed by atoms with Crippen molar-refractivity contribution >= 4 is 39.1 Å². The van der Waals surface area contributed by atoms with Crippen LogP contribution in [0.15, 0.2) is 40.8 Å².